The van der Waals surface area contributed by atoms with Crippen molar-refractivity contribution in [1.29, 1.82) is 0 Å². The maximum atomic E-state index is 6.21. The van der Waals surface area contributed by atoms with Crippen molar-refractivity contribution in [2.24, 2.45) is 23.7 Å². The first kappa shape index (κ1) is 29.8. The highest BCUT2D eigenvalue weighted by molar-refractivity contribution is 5.73. The van der Waals surface area contributed by atoms with Crippen LogP contribution in [-0.4, -0.2) is 31.7 Å². The minimum absolute atomic E-state index is 0.0146. The molecule has 0 spiro atoms. The minimum atomic E-state index is -0.269. The summed E-state index contributed by atoms with van der Waals surface area (Å²) in [7, 11) is 0. The molecule has 220 valence electrons. The van der Waals surface area contributed by atoms with Gasteiger partial charge in [0.15, 0.2) is 12.6 Å². The number of ether oxygens (including phenoxy) is 4. The molecule has 4 nitrogen and oxygen atoms in total. The maximum Gasteiger partial charge on any atom is 0.184 e. The molecule has 4 heteroatoms. The van der Waals surface area contributed by atoms with Crippen LogP contribution >= 0.6 is 0 Å². The van der Waals surface area contributed by atoms with Crippen molar-refractivity contribution in [2.45, 2.75) is 119 Å². The van der Waals surface area contributed by atoms with Gasteiger partial charge in [-0.15, -0.1) is 0 Å². The van der Waals surface area contributed by atoms with E-state index in [9.17, 15) is 0 Å². The third kappa shape index (κ3) is 6.21. The van der Waals surface area contributed by atoms with Crippen LogP contribution in [0.2, 0.25) is 0 Å². The molecule has 1 saturated carbocycles. The molecule has 2 saturated heterocycles. The van der Waals surface area contributed by atoms with E-state index < -0.39 is 0 Å². The Bertz CT molecular complexity index is 1160. The maximum absolute atomic E-state index is 6.21. The van der Waals surface area contributed by atoms with Crippen LogP contribution in [0, 0.1) is 51.4 Å². The summed E-state index contributed by atoms with van der Waals surface area (Å²) in [4.78, 5) is 0. The Kier molecular flexibility index (Phi) is 9.41. The zero-order valence-electron chi connectivity index (χ0n) is 26.2. The summed E-state index contributed by atoms with van der Waals surface area (Å²) in [5.41, 5.74) is 10.8. The van der Waals surface area contributed by atoms with Gasteiger partial charge in [0.2, 0.25) is 0 Å². The van der Waals surface area contributed by atoms with Crippen LogP contribution in [0.3, 0.4) is 0 Å². The number of aryl methyl sites for hydroxylation is 1. The summed E-state index contributed by atoms with van der Waals surface area (Å²) in [5, 5.41) is 0. The van der Waals surface area contributed by atoms with E-state index in [0.29, 0.717) is 23.9 Å². The second-order valence-electron chi connectivity index (χ2n) is 13.3. The van der Waals surface area contributed by atoms with Gasteiger partial charge in [0, 0.05) is 23.3 Å². The lowest BCUT2D eigenvalue weighted by atomic mass is 9.78. The van der Waals surface area contributed by atoms with Crippen molar-refractivity contribution in [3.63, 3.8) is 0 Å². The van der Waals surface area contributed by atoms with Crippen molar-refractivity contribution in [1.82, 2.24) is 0 Å². The summed E-state index contributed by atoms with van der Waals surface area (Å²) in [5.74, 6) is 2.30. The third-order valence-electron chi connectivity index (χ3n) is 10.7. The van der Waals surface area contributed by atoms with Crippen molar-refractivity contribution in [2.75, 3.05) is 13.2 Å². The van der Waals surface area contributed by atoms with Crippen molar-refractivity contribution < 1.29 is 18.9 Å². The van der Waals surface area contributed by atoms with Gasteiger partial charge in [-0.25, -0.2) is 0 Å². The first-order chi connectivity index (χ1) is 19.1. The predicted molar refractivity (Wildman–Crippen MR) is 162 cm³/mol. The SMILES string of the molecule is Cc1c(CCC2CCC(C3OCC(C)C(C)O3)CC2)ccc(-c2ccc(C3OCC(C)C(C)O3)c(C)c2C)c1C. The van der Waals surface area contributed by atoms with Crippen LogP contribution in [0.1, 0.15) is 99.5 Å². The van der Waals surface area contributed by atoms with E-state index >= 15 is 0 Å². The number of hydrogen-bond acceptors (Lipinski definition) is 4. The Morgan fingerprint density at radius 3 is 1.90 bits per heavy atom. The molecule has 2 heterocycles. The second kappa shape index (κ2) is 12.7. The summed E-state index contributed by atoms with van der Waals surface area (Å²) < 4.78 is 24.6. The average Bonchev–Trinajstić information content (AvgIpc) is 2.95. The number of benzene rings is 2. The van der Waals surface area contributed by atoms with Crippen molar-refractivity contribution >= 4 is 0 Å². The van der Waals surface area contributed by atoms with Crippen LogP contribution < -0.4 is 0 Å². The topological polar surface area (TPSA) is 36.9 Å². The largest absolute Gasteiger partial charge is 0.352 e. The molecule has 6 atom stereocenters. The van der Waals surface area contributed by atoms with Gasteiger partial charge in [0.25, 0.3) is 0 Å². The first-order valence-electron chi connectivity index (χ1n) is 15.9. The molecule has 2 aromatic rings. The molecule has 2 aliphatic heterocycles. The van der Waals surface area contributed by atoms with Gasteiger partial charge < -0.3 is 18.9 Å². The van der Waals surface area contributed by atoms with Crippen molar-refractivity contribution in [3.8, 4) is 11.1 Å². The van der Waals surface area contributed by atoms with Crippen LogP contribution in [0.15, 0.2) is 24.3 Å². The molecule has 40 heavy (non-hydrogen) atoms. The summed E-state index contributed by atoms with van der Waals surface area (Å²) >= 11 is 0. The van der Waals surface area contributed by atoms with E-state index in [0.717, 1.165) is 31.1 Å². The highest BCUT2D eigenvalue weighted by Gasteiger charge is 2.34. The molecule has 2 aromatic carbocycles. The molecule has 0 aromatic heterocycles. The quantitative estimate of drug-likeness (QED) is 0.361. The Labute approximate surface area is 243 Å². The fraction of sp³-hybridized carbons (Fsp3) is 0.667. The molecule has 5 rings (SSSR count). The van der Waals surface area contributed by atoms with E-state index in [1.807, 2.05) is 0 Å². The van der Waals surface area contributed by atoms with Crippen LogP contribution in [-0.2, 0) is 25.4 Å². The summed E-state index contributed by atoms with van der Waals surface area (Å²) in [6.45, 7) is 19.4. The summed E-state index contributed by atoms with van der Waals surface area (Å²) in [6, 6.07) is 9.23. The molecule has 0 N–H and O–H groups in total. The average molecular weight is 549 g/mol. The monoisotopic (exact) mass is 548 g/mol. The Morgan fingerprint density at radius 2 is 1.25 bits per heavy atom. The third-order valence-corrected chi connectivity index (χ3v) is 10.7. The van der Waals surface area contributed by atoms with E-state index in [1.54, 1.807) is 0 Å². The van der Waals surface area contributed by atoms with Crippen LogP contribution in [0.25, 0.3) is 11.1 Å². The molecule has 0 radical (unpaired) electrons. The zero-order valence-corrected chi connectivity index (χ0v) is 26.2. The Hall–Kier alpha value is -1.72. The molecule has 3 fully saturated rings. The Morgan fingerprint density at radius 1 is 0.650 bits per heavy atom. The molecule has 1 aliphatic carbocycles. The lowest BCUT2D eigenvalue weighted by Gasteiger charge is -2.39. The van der Waals surface area contributed by atoms with E-state index in [4.69, 9.17) is 18.9 Å². The van der Waals surface area contributed by atoms with Crippen LogP contribution in [0.5, 0.6) is 0 Å². The van der Waals surface area contributed by atoms with Gasteiger partial charge in [-0.2, -0.15) is 0 Å². The fourth-order valence-corrected chi connectivity index (χ4v) is 6.86. The first-order valence-corrected chi connectivity index (χ1v) is 15.9. The minimum Gasteiger partial charge on any atom is -0.352 e. The number of rotatable bonds is 6. The normalized spacial score (nSPS) is 33.2. The molecular formula is C36H52O4. The van der Waals surface area contributed by atoms with Gasteiger partial charge in [0.1, 0.15) is 0 Å². The Balaban J connectivity index is 1.21. The lowest BCUT2D eigenvalue weighted by molar-refractivity contribution is -0.254. The van der Waals surface area contributed by atoms with Crippen LogP contribution in [0.4, 0.5) is 0 Å². The van der Waals surface area contributed by atoms with Gasteiger partial charge >= 0.3 is 0 Å². The van der Waals surface area contributed by atoms with Crippen molar-refractivity contribution in [3.05, 3.63) is 57.6 Å². The van der Waals surface area contributed by atoms with Gasteiger partial charge in [0.05, 0.1) is 25.4 Å². The second-order valence-corrected chi connectivity index (χ2v) is 13.3. The smallest absolute Gasteiger partial charge is 0.184 e. The number of hydrogen-bond donors (Lipinski definition) is 0. The molecule has 3 aliphatic rings. The summed E-state index contributed by atoms with van der Waals surface area (Å²) in [6.07, 6.45) is 7.76. The van der Waals surface area contributed by atoms with E-state index in [2.05, 4.69) is 79.7 Å². The predicted octanol–water partition coefficient (Wildman–Crippen LogP) is 8.79. The zero-order chi connectivity index (χ0) is 28.6. The highest BCUT2D eigenvalue weighted by Crippen LogP contribution is 2.39. The molecule has 6 unspecified atom stereocenters. The van der Waals surface area contributed by atoms with E-state index in [1.165, 1.54) is 71.0 Å². The molecular weight excluding hydrogens is 496 g/mol. The standard InChI is InChI=1S/C36H52O4/c1-21-19-37-35(39-27(21)7)31-13-10-29(11-14-31)9-12-30-15-16-32(24(4)23(30)3)33-17-18-34(26(6)25(33)5)36-38-20-22(2)28(8)40-36/h15-18,21-22,27-29,31,35-36H,9-14,19-20H2,1-8H3. The van der Waals surface area contributed by atoms with Gasteiger partial charge in [-0.3, -0.25) is 0 Å². The van der Waals surface area contributed by atoms with Gasteiger partial charge in [-0.05, 0) is 125 Å². The fourth-order valence-electron chi connectivity index (χ4n) is 6.86. The lowest BCUT2D eigenvalue weighted by Crippen LogP contribution is -2.41. The molecule has 0 amide bonds. The highest BCUT2D eigenvalue weighted by atomic mass is 16.7. The van der Waals surface area contributed by atoms with Gasteiger partial charge in [-0.1, -0.05) is 38.1 Å². The van der Waals surface area contributed by atoms with E-state index in [-0.39, 0.29) is 18.7 Å². The molecule has 0 bridgehead atoms.